The highest BCUT2D eigenvalue weighted by Crippen LogP contribution is 2.39. The molecule has 0 unspecified atom stereocenters. The van der Waals surface area contributed by atoms with E-state index in [1.54, 1.807) is 11.3 Å². The zero-order chi connectivity index (χ0) is 20.4. The van der Waals surface area contributed by atoms with Gasteiger partial charge in [-0.2, -0.15) is 0 Å². The predicted octanol–water partition coefficient (Wildman–Crippen LogP) is 4.50. The van der Waals surface area contributed by atoms with Crippen molar-refractivity contribution >= 4 is 23.2 Å². The lowest BCUT2D eigenvalue weighted by molar-refractivity contribution is -0.141. The summed E-state index contributed by atoms with van der Waals surface area (Å²) >= 11 is 1.73. The third-order valence-corrected chi connectivity index (χ3v) is 7.05. The fourth-order valence-electron chi connectivity index (χ4n) is 4.31. The van der Waals surface area contributed by atoms with Crippen molar-refractivity contribution in [1.29, 1.82) is 0 Å². The summed E-state index contributed by atoms with van der Waals surface area (Å²) in [5.41, 5.74) is 1.95. The second kappa shape index (κ2) is 8.31. The van der Waals surface area contributed by atoms with Crippen molar-refractivity contribution in [1.82, 2.24) is 10.2 Å². The largest absolute Gasteiger partial charge is 0.353 e. The number of benzene rings is 1. The molecule has 0 atom stereocenters. The van der Waals surface area contributed by atoms with Crippen LogP contribution in [0, 0.1) is 11.3 Å². The number of amides is 2. The van der Waals surface area contributed by atoms with Crippen LogP contribution in [-0.2, 0) is 16.0 Å². The summed E-state index contributed by atoms with van der Waals surface area (Å²) in [5, 5.41) is 5.24. The lowest BCUT2D eigenvalue weighted by Gasteiger charge is -2.41. The highest BCUT2D eigenvalue weighted by Gasteiger charge is 2.44. The number of nitrogens with zero attached hydrogens (tertiary/aromatic N) is 1. The summed E-state index contributed by atoms with van der Waals surface area (Å²) in [5.74, 6) is 0.671. The van der Waals surface area contributed by atoms with Crippen molar-refractivity contribution in [3.63, 3.8) is 0 Å². The van der Waals surface area contributed by atoms with Crippen molar-refractivity contribution in [2.75, 3.05) is 13.1 Å². The molecule has 2 fully saturated rings. The van der Waals surface area contributed by atoms with Crippen LogP contribution in [0.1, 0.15) is 45.1 Å². The Morgan fingerprint density at radius 3 is 2.55 bits per heavy atom. The summed E-state index contributed by atoms with van der Waals surface area (Å²) in [6.45, 7) is 5.39. The molecular formula is C24H30N2O2S. The van der Waals surface area contributed by atoms with Crippen LogP contribution in [0.3, 0.4) is 0 Å². The van der Waals surface area contributed by atoms with Crippen molar-refractivity contribution in [2.24, 2.45) is 11.3 Å². The molecule has 2 heterocycles. The van der Waals surface area contributed by atoms with Crippen LogP contribution in [0.25, 0.3) is 10.4 Å². The summed E-state index contributed by atoms with van der Waals surface area (Å²) in [7, 11) is 0. The first-order chi connectivity index (χ1) is 14.0. The van der Waals surface area contributed by atoms with Gasteiger partial charge in [-0.05, 0) is 68.5 Å². The van der Waals surface area contributed by atoms with Crippen molar-refractivity contribution in [3.05, 3.63) is 47.3 Å². The molecule has 1 saturated heterocycles. The van der Waals surface area contributed by atoms with Gasteiger partial charge in [0.15, 0.2) is 0 Å². The number of hydrogen-bond acceptors (Lipinski definition) is 3. The Bertz CT molecular complexity index is 863. The van der Waals surface area contributed by atoms with E-state index in [0.29, 0.717) is 19.0 Å². The molecular weight excluding hydrogens is 380 g/mol. The van der Waals surface area contributed by atoms with Crippen LogP contribution in [-0.4, -0.2) is 35.8 Å². The fourth-order valence-corrected chi connectivity index (χ4v) is 5.04. The molecule has 0 bridgehead atoms. The molecule has 0 radical (unpaired) electrons. The van der Waals surface area contributed by atoms with E-state index in [9.17, 15) is 9.59 Å². The van der Waals surface area contributed by atoms with Crippen LogP contribution < -0.4 is 5.32 Å². The smallest absolute Gasteiger partial charge is 0.226 e. The summed E-state index contributed by atoms with van der Waals surface area (Å²) in [6.07, 6.45) is 4.24. The molecule has 1 saturated carbocycles. The Morgan fingerprint density at radius 2 is 1.93 bits per heavy atom. The van der Waals surface area contributed by atoms with Gasteiger partial charge >= 0.3 is 0 Å². The zero-order valence-corrected chi connectivity index (χ0v) is 18.1. The van der Waals surface area contributed by atoms with E-state index in [1.807, 2.05) is 18.7 Å². The van der Waals surface area contributed by atoms with E-state index in [-0.39, 0.29) is 17.9 Å². The highest BCUT2D eigenvalue weighted by molar-refractivity contribution is 7.13. The van der Waals surface area contributed by atoms with Crippen LogP contribution in [0.2, 0.25) is 0 Å². The molecule has 1 N–H and O–H groups in total. The second-order valence-corrected chi connectivity index (χ2v) is 9.81. The van der Waals surface area contributed by atoms with Gasteiger partial charge in [0.25, 0.3) is 0 Å². The van der Waals surface area contributed by atoms with Crippen molar-refractivity contribution < 1.29 is 9.59 Å². The molecule has 1 aliphatic heterocycles. The third kappa shape index (κ3) is 4.55. The molecule has 1 aromatic heterocycles. The quantitative estimate of drug-likeness (QED) is 0.762. The first-order valence-corrected chi connectivity index (χ1v) is 11.6. The average Bonchev–Trinajstić information content (AvgIpc) is 3.41. The number of thiophene rings is 1. The number of likely N-dealkylation sites (tertiary alicyclic amines) is 1. The Kier molecular flexibility index (Phi) is 5.77. The molecule has 154 valence electrons. The van der Waals surface area contributed by atoms with Crippen LogP contribution in [0.15, 0.2) is 41.8 Å². The van der Waals surface area contributed by atoms with Crippen molar-refractivity contribution in [3.8, 4) is 10.4 Å². The number of hydrogen-bond donors (Lipinski definition) is 1. The van der Waals surface area contributed by atoms with Gasteiger partial charge in [0.05, 0.1) is 5.41 Å². The van der Waals surface area contributed by atoms with E-state index < -0.39 is 5.41 Å². The highest BCUT2D eigenvalue weighted by atomic mass is 32.1. The van der Waals surface area contributed by atoms with Gasteiger partial charge in [0, 0.05) is 29.9 Å². The van der Waals surface area contributed by atoms with E-state index in [1.165, 1.54) is 16.0 Å². The molecule has 29 heavy (non-hydrogen) atoms. The molecule has 1 aromatic carbocycles. The molecule has 2 amide bonds. The molecule has 5 heteroatoms. The van der Waals surface area contributed by atoms with Gasteiger partial charge in [-0.15, -0.1) is 11.3 Å². The molecule has 2 aliphatic rings. The first kappa shape index (κ1) is 20.1. The molecule has 4 nitrogen and oxygen atoms in total. The van der Waals surface area contributed by atoms with Crippen LogP contribution in [0.4, 0.5) is 0 Å². The van der Waals surface area contributed by atoms with E-state index in [0.717, 1.165) is 32.1 Å². The standard InChI is InChI=1S/C24H30N2O2S/c1-17(2)25-23(28)24(10-12-26(13-11-24)22(27)19-8-9-19)16-18-5-3-6-20(15-18)21-7-4-14-29-21/h3-7,14-15,17,19H,8-13,16H2,1-2H3,(H,25,28). The molecule has 1 aliphatic carbocycles. The monoisotopic (exact) mass is 410 g/mol. The lowest BCUT2D eigenvalue weighted by atomic mass is 9.72. The maximum absolute atomic E-state index is 13.3. The maximum Gasteiger partial charge on any atom is 0.226 e. The molecule has 2 aromatic rings. The van der Waals surface area contributed by atoms with Gasteiger partial charge in [-0.1, -0.05) is 30.3 Å². The van der Waals surface area contributed by atoms with Gasteiger partial charge in [0.1, 0.15) is 0 Å². The number of carbonyl (C=O) groups is 2. The van der Waals surface area contributed by atoms with E-state index in [4.69, 9.17) is 0 Å². The van der Waals surface area contributed by atoms with Crippen LogP contribution in [0.5, 0.6) is 0 Å². The Morgan fingerprint density at radius 1 is 1.17 bits per heavy atom. The Hall–Kier alpha value is -2.14. The fraction of sp³-hybridized carbons (Fsp3) is 0.500. The van der Waals surface area contributed by atoms with Crippen molar-refractivity contribution in [2.45, 2.75) is 52.0 Å². The summed E-state index contributed by atoms with van der Waals surface area (Å²) in [4.78, 5) is 29.0. The minimum absolute atomic E-state index is 0.114. The Balaban J connectivity index is 1.54. The third-order valence-electron chi connectivity index (χ3n) is 6.14. The van der Waals surface area contributed by atoms with Gasteiger partial charge in [-0.25, -0.2) is 0 Å². The number of piperidine rings is 1. The number of nitrogens with one attached hydrogen (secondary N) is 1. The SMILES string of the molecule is CC(C)NC(=O)C1(Cc2cccc(-c3cccs3)c2)CCN(C(=O)C2CC2)CC1. The predicted molar refractivity (Wildman–Crippen MR) is 118 cm³/mol. The molecule has 0 spiro atoms. The Labute approximate surface area is 177 Å². The second-order valence-electron chi connectivity index (χ2n) is 8.86. The average molecular weight is 411 g/mol. The van der Waals surface area contributed by atoms with Gasteiger partial charge < -0.3 is 10.2 Å². The lowest BCUT2D eigenvalue weighted by Crippen LogP contribution is -2.52. The maximum atomic E-state index is 13.3. The summed E-state index contributed by atoms with van der Waals surface area (Å²) in [6, 6.07) is 12.9. The number of carbonyl (C=O) groups excluding carboxylic acids is 2. The topological polar surface area (TPSA) is 49.4 Å². The van der Waals surface area contributed by atoms with Gasteiger partial charge in [0.2, 0.25) is 11.8 Å². The minimum Gasteiger partial charge on any atom is -0.353 e. The molecule has 4 rings (SSSR count). The summed E-state index contributed by atoms with van der Waals surface area (Å²) < 4.78 is 0. The van der Waals surface area contributed by atoms with Crippen LogP contribution >= 0.6 is 11.3 Å². The minimum atomic E-state index is -0.446. The zero-order valence-electron chi connectivity index (χ0n) is 17.3. The first-order valence-electron chi connectivity index (χ1n) is 10.7. The normalized spacial score (nSPS) is 18.7. The van der Waals surface area contributed by atoms with E-state index >= 15 is 0 Å². The van der Waals surface area contributed by atoms with E-state index in [2.05, 4.69) is 47.1 Å². The van der Waals surface area contributed by atoms with Gasteiger partial charge in [-0.3, -0.25) is 9.59 Å². The number of rotatable bonds is 6.